The van der Waals surface area contributed by atoms with Crippen molar-refractivity contribution < 1.29 is 19.1 Å². The molecule has 0 aliphatic carbocycles. The van der Waals surface area contributed by atoms with Gasteiger partial charge in [-0.05, 0) is 12.1 Å². The number of hydrogen-bond donors (Lipinski definition) is 1. The number of ether oxygens (including phenoxy) is 1. The van der Waals surface area contributed by atoms with Crippen molar-refractivity contribution in [3.05, 3.63) is 77.4 Å². The lowest BCUT2D eigenvalue weighted by molar-refractivity contribution is -0.605. The highest BCUT2D eigenvalue weighted by Gasteiger charge is 2.22. The fraction of sp³-hybridized carbons (Fsp3) is 0.238. The molecule has 3 rings (SSSR count). The maximum atomic E-state index is 12.4. The number of benzene rings is 1. The molecule has 8 nitrogen and oxygen atoms in total. The molecule has 8 heteroatoms. The molecule has 0 bridgehead atoms. The van der Waals surface area contributed by atoms with E-state index in [1.165, 1.54) is 24.5 Å². The normalized spacial score (nSPS) is 11.1. The number of nitrogens with zero attached hydrogens (tertiary/aromatic N) is 3. The number of aromatic nitrogens is 3. The molecule has 0 atom stereocenters. The van der Waals surface area contributed by atoms with Crippen LogP contribution in [0.3, 0.4) is 0 Å². The van der Waals surface area contributed by atoms with Gasteiger partial charge < -0.3 is 15.3 Å². The average Bonchev–Trinajstić information content (AvgIpc) is 3.11. The van der Waals surface area contributed by atoms with Gasteiger partial charge >= 0.3 is 5.97 Å². The molecule has 1 amide bonds. The zero-order valence-electron chi connectivity index (χ0n) is 16.5. The summed E-state index contributed by atoms with van der Waals surface area (Å²) >= 11 is 0. The minimum atomic E-state index is -0.687. The van der Waals surface area contributed by atoms with Gasteiger partial charge in [0.1, 0.15) is 5.82 Å². The third-order valence-corrected chi connectivity index (χ3v) is 4.12. The lowest BCUT2D eigenvalue weighted by atomic mass is 9.92. The van der Waals surface area contributed by atoms with Gasteiger partial charge in [0.15, 0.2) is 19.0 Å². The summed E-state index contributed by atoms with van der Waals surface area (Å²) in [4.78, 5) is 24.4. The van der Waals surface area contributed by atoms with Crippen LogP contribution in [0.15, 0.2) is 60.9 Å². The lowest BCUT2D eigenvalue weighted by Gasteiger charge is -2.14. The smallest absolute Gasteiger partial charge is 0.339 e. The fourth-order valence-corrected chi connectivity index (χ4v) is 2.54. The average molecular weight is 394 g/mol. The molecule has 0 unspecified atom stereocenters. The van der Waals surface area contributed by atoms with E-state index in [-0.39, 0.29) is 11.0 Å². The van der Waals surface area contributed by atoms with Crippen molar-refractivity contribution in [2.45, 2.75) is 26.2 Å². The van der Waals surface area contributed by atoms with Crippen molar-refractivity contribution in [3.63, 3.8) is 0 Å². The Hall–Kier alpha value is -3.68. The zero-order valence-corrected chi connectivity index (χ0v) is 16.5. The Balaban J connectivity index is 1.73. The molecule has 150 valence electrons. The highest BCUT2D eigenvalue weighted by molar-refractivity contribution is 5.95. The van der Waals surface area contributed by atoms with E-state index in [9.17, 15) is 14.8 Å². The Kier molecular flexibility index (Phi) is 5.63. The molecule has 1 aromatic carbocycles. The second-order valence-corrected chi connectivity index (χ2v) is 7.48. The number of carbonyl (C=O) groups is 2. The van der Waals surface area contributed by atoms with E-state index < -0.39 is 18.5 Å². The molecular formula is C21H22N4O4. The van der Waals surface area contributed by atoms with Crippen molar-refractivity contribution in [3.8, 4) is 5.69 Å². The summed E-state index contributed by atoms with van der Waals surface area (Å²) in [6, 6.07) is 13.9. The van der Waals surface area contributed by atoms with Crippen LogP contribution in [0.4, 0.5) is 5.82 Å². The van der Waals surface area contributed by atoms with Crippen LogP contribution in [0, 0.1) is 5.21 Å². The molecular weight excluding hydrogens is 372 g/mol. The largest absolute Gasteiger partial charge is 0.619 e. The van der Waals surface area contributed by atoms with Gasteiger partial charge in [0.2, 0.25) is 0 Å². The first-order chi connectivity index (χ1) is 13.7. The number of rotatable bonds is 5. The third kappa shape index (κ3) is 4.98. The molecule has 29 heavy (non-hydrogen) atoms. The number of anilines is 1. The number of pyridine rings is 1. The van der Waals surface area contributed by atoms with Crippen LogP contribution in [0.2, 0.25) is 0 Å². The van der Waals surface area contributed by atoms with Gasteiger partial charge in [0, 0.05) is 23.6 Å². The number of nitrogens with one attached hydrogen (secondary N) is 1. The van der Waals surface area contributed by atoms with Gasteiger partial charge in [-0.25, -0.2) is 9.48 Å². The zero-order chi connectivity index (χ0) is 21.0. The van der Waals surface area contributed by atoms with Gasteiger partial charge in [-0.15, -0.1) is 0 Å². The van der Waals surface area contributed by atoms with Gasteiger partial charge in [0.05, 0.1) is 16.9 Å². The summed E-state index contributed by atoms with van der Waals surface area (Å²) in [5.41, 5.74) is 1.58. The first-order valence-corrected chi connectivity index (χ1v) is 9.06. The SMILES string of the molecule is CC(C)(C)c1cc(NC(=O)COC(=O)c2cc[n+]([O-])cc2)n(-c2ccccc2)n1. The van der Waals surface area contributed by atoms with E-state index in [1.54, 1.807) is 10.7 Å². The predicted octanol–water partition coefficient (Wildman–Crippen LogP) is 2.60. The van der Waals surface area contributed by atoms with E-state index >= 15 is 0 Å². The van der Waals surface area contributed by atoms with Crippen LogP contribution in [0.25, 0.3) is 5.69 Å². The monoisotopic (exact) mass is 394 g/mol. The minimum absolute atomic E-state index is 0.189. The summed E-state index contributed by atoms with van der Waals surface area (Å²) < 4.78 is 7.23. The van der Waals surface area contributed by atoms with Gasteiger partial charge in [-0.3, -0.25) is 4.79 Å². The summed E-state index contributed by atoms with van der Waals surface area (Å²) in [5, 5.41) is 18.4. The molecule has 1 N–H and O–H groups in total. The van der Waals surface area contributed by atoms with E-state index in [1.807, 2.05) is 51.1 Å². The van der Waals surface area contributed by atoms with Gasteiger partial charge in [0.25, 0.3) is 5.91 Å². The van der Waals surface area contributed by atoms with Crippen LogP contribution in [0.5, 0.6) is 0 Å². The molecule has 0 radical (unpaired) electrons. The first-order valence-electron chi connectivity index (χ1n) is 9.06. The van der Waals surface area contributed by atoms with Crippen LogP contribution in [-0.4, -0.2) is 28.3 Å². The maximum absolute atomic E-state index is 12.4. The number of amides is 1. The molecule has 0 aliphatic heterocycles. The predicted molar refractivity (Wildman–Crippen MR) is 107 cm³/mol. The summed E-state index contributed by atoms with van der Waals surface area (Å²) in [6.07, 6.45) is 2.37. The molecule has 2 heterocycles. The van der Waals surface area contributed by atoms with Crippen LogP contribution in [-0.2, 0) is 14.9 Å². The molecule has 0 aliphatic rings. The molecule has 0 saturated carbocycles. The standard InChI is InChI=1S/C21H22N4O4/c1-21(2,3)17-13-18(25(23-17)16-7-5-4-6-8-16)22-19(26)14-29-20(27)15-9-11-24(28)12-10-15/h4-13H,14H2,1-3H3,(H,22,26). The second-order valence-electron chi connectivity index (χ2n) is 7.48. The number of esters is 1. The number of para-hydroxylation sites is 1. The second kappa shape index (κ2) is 8.14. The van der Waals surface area contributed by atoms with Crippen molar-refractivity contribution >= 4 is 17.7 Å². The Bertz CT molecular complexity index is 1010. The summed E-state index contributed by atoms with van der Waals surface area (Å²) in [6.45, 7) is 5.63. The van der Waals surface area contributed by atoms with Crippen LogP contribution < -0.4 is 10.0 Å². The lowest BCUT2D eigenvalue weighted by Crippen LogP contribution is -2.25. The molecule has 0 saturated heterocycles. The van der Waals surface area contributed by atoms with Crippen molar-refractivity contribution in [1.82, 2.24) is 9.78 Å². The maximum Gasteiger partial charge on any atom is 0.339 e. The Morgan fingerprint density at radius 3 is 2.41 bits per heavy atom. The number of hydrogen-bond acceptors (Lipinski definition) is 5. The van der Waals surface area contributed by atoms with E-state index in [0.29, 0.717) is 10.5 Å². The summed E-state index contributed by atoms with van der Waals surface area (Å²) in [7, 11) is 0. The molecule has 2 aromatic heterocycles. The van der Waals surface area contributed by atoms with Gasteiger partial charge in [-0.1, -0.05) is 39.0 Å². The van der Waals surface area contributed by atoms with Crippen LogP contribution in [0.1, 0.15) is 36.8 Å². The quantitative estimate of drug-likeness (QED) is 0.407. The van der Waals surface area contributed by atoms with Crippen LogP contribution >= 0.6 is 0 Å². The highest BCUT2D eigenvalue weighted by atomic mass is 16.5. The fourth-order valence-electron chi connectivity index (χ4n) is 2.54. The topological polar surface area (TPSA) is 100 Å². The van der Waals surface area contributed by atoms with Crippen molar-refractivity contribution in [2.24, 2.45) is 0 Å². The Labute approximate surface area is 168 Å². The number of carbonyl (C=O) groups excluding carboxylic acids is 2. The Morgan fingerprint density at radius 2 is 1.79 bits per heavy atom. The Morgan fingerprint density at radius 1 is 1.14 bits per heavy atom. The highest BCUT2D eigenvalue weighted by Crippen LogP contribution is 2.26. The van der Waals surface area contributed by atoms with E-state index in [2.05, 4.69) is 10.4 Å². The molecule has 3 aromatic rings. The molecule has 0 fully saturated rings. The van der Waals surface area contributed by atoms with E-state index in [0.717, 1.165) is 11.4 Å². The third-order valence-electron chi connectivity index (χ3n) is 4.12. The molecule has 0 spiro atoms. The van der Waals surface area contributed by atoms with Crippen molar-refractivity contribution in [1.29, 1.82) is 0 Å². The summed E-state index contributed by atoms with van der Waals surface area (Å²) in [5.74, 6) is -0.701. The first kappa shape index (κ1) is 20.1. The van der Waals surface area contributed by atoms with E-state index in [4.69, 9.17) is 4.74 Å². The van der Waals surface area contributed by atoms with Gasteiger partial charge in [-0.2, -0.15) is 9.83 Å². The van der Waals surface area contributed by atoms with Crippen molar-refractivity contribution in [2.75, 3.05) is 11.9 Å². The minimum Gasteiger partial charge on any atom is -0.619 e.